The lowest BCUT2D eigenvalue weighted by atomic mass is 9.87. The van der Waals surface area contributed by atoms with Crippen LogP contribution in [0.3, 0.4) is 0 Å². The highest BCUT2D eigenvalue weighted by molar-refractivity contribution is 6.30. The number of carbonyl (C=O) groups is 1. The predicted octanol–water partition coefficient (Wildman–Crippen LogP) is 5.45. The highest BCUT2D eigenvalue weighted by Gasteiger charge is 2.28. The van der Waals surface area contributed by atoms with Crippen LogP contribution in [0.1, 0.15) is 45.2 Å². The van der Waals surface area contributed by atoms with Crippen molar-refractivity contribution in [1.29, 1.82) is 0 Å². The van der Waals surface area contributed by atoms with E-state index >= 15 is 0 Å². The number of hydrogen-bond donors (Lipinski definition) is 0. The number of rotatable bonds is 5. The monoisotopic (exact) mass is 428 g/mol. The van der Waals surface area contributed by atoms with Crippen LogP contribution >= 0.6 is 11.6 Å². The second-order valence-electron chi connectivity index (χ2n) is 9.03. The molecule has 1 atom stereocenters. The topological polar surface area (TPSA) is 32.8 Å². The summed E-state index contributed by atoms with van der Waals surface area (Å²) in [5.74, 6) is 0.816. The molecule has 1 fully saturated rings. The van der Waals surface area contributed by atoms with Gasteiger partial charge in [0.15, 0.2) is 6.10 Å². The summed E-state index contributed by atoms with van der Waals surface area (Å²) in [6.45, 7) is 13.6. The van der Waals surface area contributed by atoms with Gasteiger partial charge in [-0.25, -0.2) is 0 Å². The number of aryl methyl sites for hydroxylation is 1. The van der Waals surface area contributed by atoms with Gasteiger partial charge in [0.05, 0.1) is 0 Å². The fourth-order valence-corrected chi connectivity index (χ4v) is 3.97. The Kier molecular flexibility index (Phi) is 6.97. The standard InChI is InChI=1S/C25H33ClN2O2/c1-6-23(30-21-11-8-19(9-12-21)25(3,4)5)24(29)28-15-13-27(14-16-28)22-17-20(26)10-7-18(22)2/h7-12,17,23H,6,13-16H2,1-5H3/t23-/m0/s1. The zero-order valence-corrected chi connectivity index (χ0v) is 19.5. The molecule has 0 radical (unpaired) electrons. The van der Waals surface area contributed by atoms with Crippen molar-refractivity contribution in [2.45, 2.75) is 52.6 Å². The zero-order valence-electron chi connectivity index (χ0n) is 18.7. The third-order valence-corrected chi connectivity index (χ3v) is 5.98. The van der Waals surface area contributed by atoms with Gasteiger partial charge < -0.3 is 14.5 Å². The molecule has 1 saturated heterocycles. The summed E-state index contributed by atoms with van der Waals surface area (Å²) in [5.41, 5.74) is 3.70. The Morgan fingerprint density at radius 1 is 1.07 bits per heavy atom. The predicted molar refractivity (Wildman–Crippen MR) is 125 cm³/mol. The van der Waals surface area contributed by atoms with Crippen LogP contribution in [0, 0.1) is 6.92 Å². The summed E-state index contributed by atoms with van der Waals surface area (Å²) in [7, 11) is 0. The van der Waals surface area contributed by atoms with Crippen LogP contribution in [-0.2, 0) is 10.2 Å². The van der Waals surface area contributed by atoms with E-state index in [-0.39, 0.29) is 11.3 Å². The molecule has 0 aromatic heterocycles. The Bertz CT molecular complexity index is 866. The number of benzene rings is 2. The average molecular weight is 429 g/mol. The highest BCUT2D eigenvalue weighted by atomic mass is 35.5. The number of piperazine rings is 1. The van der Waals surface area contributed by atoms with E-state index in [1.54, 1.807) is 0 Å². The van der Waals surface area contributed by atoms with Crippen molar-refractivity contribution >= 4 is 23.2 Å². The Morgan fingerprint density at radius 3 is 2.27 bits per heavy atom. The van der Waals surface area contributed by atoms with Crippen LogP contribution in [0.5, 0.6) is 5.75 Å². The Hall–Kier alpha value is -2.20. The van der Waals surface area contributed by atoms with Crippen LogP contribution in [0.25, 0.3) is 0 Å². The van der Waals surface area contributed by atoms with Crippen LogP contribution in [-0.4, -0.2) is 43.1 Å². The van der Waals surface area contributed by atoms with E-state index in [4.69, 9.17) is 16.3 Å². The fraction of sp³-hybridized carbons (Fsp3) is 0.480. The van der Waals surface area contributed by atoms with Crippen molar-refractivity contribution in [3.8, 4) is 5.75 Å². The molecular formula is C25H33ClN2O2. The lowest BCUT2D eigenvalue weighted by molar-refractivity contribution is -0.139. The highest BCUT2D eigenvalue weighted by Crippen LogP contribution is 2.27. The molecule has 162 valence electrons. The Morgan fingerprint density at radius 2 is 1.70 bits per heavy atom. The second kappa shape index (κ2) is 9.30. The molecule has 1 aliphatic heterocycles. The first-order valence-electron chi connectivity index (χ1n) is 10.8. The second-order valence-corrected chi connectivity index (χ2v) is 9.47. The third-order valence-electron chi connectivity index (χ3n) is 5.75. The van der Waals surface area contributed by atoms with Crippen molar-refractivity contribution in [1.82, 2.24) is 4.90 Å². The molecule has 2 aromatic rings. The van der Waals surface area contributed by atoms with Crippen molar-refractivity contribution in [2.24, 2.45) is 0 Å². The van der Waals surface area contributed by atoms with E-state index in [1.165, 1.54) is 11.1 Å². The first-order chi connectivity index (χ1) is 14.2. The summed E-state index contributed by atoms with van der Waals surface area (Å²) in [6.07, 6.45) is 0.193. The Labute approximate surface area is 185 Å². The lowest BCUT2D eigenvalue weighted by Crippen LogP contribution is -2.52. The maximum Gasteiger partial charge on any atom is 0.263 e. The molecular weight excluding hydrogens is 396 g/mol. The van der Waals surface area contributed by atoms with E-state index in [9.17, 15) is 4.79 Å². The number of hydrogen-bond acceptors (Lipinski definition) is 3. The zero-order chi connectivity index (χ0) is 21.9. The summed E-state index contributed by atoms with van der Waals surface area (Å²) < 4.78 is 6.07. The van der Waals surface area contributed by atoms with Gasteiger partial charge in [-0.2, -0.15) is 0 Å². The van der Waals surface area contributed by atoms with Gasteiger partial charge in [0.25, 0.3) is 5.91 Å². The quantitative estimate of drug-likeness (QED) is 0.634. The minimum atomic E-state index is -0.454. The van der Waals surface area contributed by atoms with Crippen LogP contribution in [0.15, 0.2) is 42.5 Å². The van der Waals surface area contributed by atoms with Gasteiger partial charge >= 0.3 is 0 Å². The number of carbonyl (C=O) groups excluding carboxylic acids is 1. The van der Waals surface area contributed by atoms with Crippen LogP contribution < -0.4 is 9.64 Å². The van der Waals surface area contributed by atoms with Gasteiger partial charge in [0.1, 0.15) is 5.75 Å². The van der Waals surface area contributed by atoms with E-state index in [2.05, 4.69) is 44.7 Å². The smallest absolute Gasteiger partial charge is 0.263 e. The van der Waals surface area contributed by atoms with Crippen molar-refractivity contribution in [3.05, 3.63) is 58.6 Å². The molecule has 0 saturated carbocycles. The van der Waals surface area contributed by atoms with Gasteiger partial charge in [-0.3, -0.25) is 4.79 Å². The molecule has 30 heavy (non-hydrogen) atoms. The largest absolute Gasteiger partial charge is 0.481 e. The number of amides is 1. The molecule has 5 heteroatoms. The van der Waals surface area contributed by atoms with Crippen LogP contribution in [0.4, 0.5) is 5.69 Å². The van der Waals surface area contributed by atoms with Gasteiger partial charge in [0, 0.05) is 36.9 Å². The summed E-state index contributed by atoms with van der Waals surface area (Å²) in [5, 5.41) is 0.742. The fourth-order valence-electron chi connectivity index (χ4n) is 3.80. The molecule has 2 aromatic carbocycles. The SMILES string of the molecule is CC[C@H](Oc1ccc(C(C)(C)C)cc1)C(=O)N1CCN(c2cc(Cl)ccc2C)CC1. The summed E-state index contributed by atoms with van der Waals surface area (Å²) >= 11 is 6.18. The molecule has 1 heterocycles. The van der Waals surface area contributed by atoms with Crippen molar-refractivity contribution in [3.63, 3.8) is 0 Å². The van der Waals surface area contributed by atoms with Crippen molar-refractivity contribution in [2.75, 3.05) is 31.1 Å². The molecule has 3 rings (SSSR count). The molecule has 0 N–H and O–H groups in total. The molecule has 0 aliphatic carbocycles. The van der Waals surface area contributed by atoms with Gasteiger partial charge in [-0.15, -0.1) is 0 Å². The normalized spacial score (nSPS) is 15.8. The number of nitrogens with zero attached hydrogens (tertiary/aromatic N) is 2. The average Bonchev–Trinajstić information content (AvgIpc) is 2.73. The number of ether oxygens (including phenoxy) is 1. The first kappa shape index (κ1) is 22.5. The molecule has 1 aliphatic rings. The molecule has 1 amide bonds. The summed E-state index contributed by atoms with van der Waals surface area (Å²) in [6, 6.07) is 14.1. The molecule has 0 bridgehead atoms. The lowest BCUT2D eigenvalue weighted by Gasteiger charge is -2.38. The van der Waals surface area contributed by atoms with E-state index < -0.39 is 6.10 Å². The maximum atomic E-state index is 13.1. The van der Waals surface area contributed by atoms with Crippen molar-refractivity contribution < 1.29 is 9.53 Å². The molecule has 0 unspecified atom stereocenters. The van der Waals surface area contributed by atoms with Gasteiger partial charge in [-0.05, 0) is 54.2 Å². The number of anilines is 1. The third kappa shape index (κ3) is 5.28. The van der Waals surface area contributed by atoms with Crippen LogP contribution in [0.2, 0.25) is 5.02 Å². The van der Waals surface area contributed by atoms with Gasteiger partial charge in [-0.1, -0.05) is 57.5 Å². The summed E-state index contributed by atoms with van der Waals surface area (Å²) in [4.78, 5) is 17.3. The van der Waals surface area contributed by atoms with E-state index in [0.717, 1.165) is 29.5 Å². The Balaban J connectivity index is 1.61. The van der Waals surface area contributed by atoms with E-state index in [0.29, 0.717) is 19.5 Å². The number of halogens is 1. The minimum absolute atomic E-state index is 0.0693. The minimum Gasteiger partial charge on any atom is -0.481 e. The maximum absolute atomic E-state index is 13.1. The van der Waals surface area contributed by atoms with Gasteiger partial charge in [0.2, 0.25) is 0 Å². The molecule has 0 spiro atoms. The molecule has 4 nitrogen and oxygen atoms in total. The van der Waals surface area contributed by atoms with E-state index in [1.807, 2.05) is 42.2 Å². The first-order valence-corrected chi connectivity index (χ1v) is 11.1.